The van der Waals surface area contributed by atoms with Crippen molar-refractivity contribution in [2.24, 2.45) is 11.7 Å². The van der Waals surface area contributed by atoms with E-state index in [1.807, 2.05) is 31.2 Å². The van der Waals surface area contributed by atoms with Crippen LogP contribution in [0.2, 0.25) is 0 Å². The molecule has 0 saturated heterocycles. The van der Waals surface area contributed by atoms with E-state index in [2.05, 4.69) is 22.4 Å². The van der Waals surface area contributed by atoms with Gasteiger partial charge in [0.05, 0.1) is 11.4 Å². The predicted molar refractivity (Wildman–Crippen MR) is 88.2 cm³/mol. The Morgan fingerprint density at radius 1 is 1.23 bits per heavy atom. The number of aromatic nitrogens is 1. The van der Waals surface area contributed by atoms with Crippen molar-refractivity contribution in [2.75, 3.05) is 5.32 Å². The maximum Gasteiger partial charge on any atom is 0.227 e. The topological polar surface area (TPSA) is 68.0 Å². The molecule has 0 fully saturated rings. The minimum Gasteiger partial charge on any atom is -0.324 e. The molecule has 0 saturated carbocycles. The number of hydrogen-bond acceptors (Lipinski definition) is 3. The first-order valence-corrected chi connectivity index (χ1v) is 7.77. The van der Waals surface area contributed by atoms with E-state index < -0.39 is 0 Å². The first-order valence-electron chi connectivity index (χ1n) is 7.77. The molecular formula is C18H21N3O. The lowest BCUT2D eigenvalue weighted by molar-refractivity contribution is -0.119. The number of nitrogens with zero attached hydrogens (tertiary/aromatic N) is 1. The normalized spacial score (nSPS) is 22.0. The summed E-state index contributed by atoms with van der Waals surface area (Å²) in [7, 11) is 0. The summed E-state index contributed by atoms with van der Waals surface area (Å²) in [5.74, 6) is 0.0116. The summed E-state index contributed by atoms with van der Waals surface area (Å²) in [6.07, 6.45) is 4.41. The van der Waals surface area contributed by atoms with Crippen LogP contribution in [0.3, 0.4) is 0 Å². The Balaban J connectivity index is 2.09. The summed E-state index contributed by atoms with van der Waals surface area (Å²) in [5, 5.41) is 3.02. The highest BCUT2D eigenvalue weighted by molar-refractivity contribution is 5.95. The number of anilines is 1. The maximum atomic E-state index is 12.3. The van der Waals surface area contributed by atoms with Crippen LogP contribution in [0.5, 0.6) is 0 Å². The van der Waals surface area contributed by atoms with Gasteiger partial charge in [-0.15, -0.1) is 0 Å². The Morgan fingerprint density at radius 2 is 2.09 bits per heavy atom. The summed E-state index contributed by atoms with van der Waals surface area (Å²) in [5.41, 5.74) is 9.95. The van der Waals surface area contributed by atoms with Gasteiger partial charge in [-0.1, -0.05) is 31.5 Å². The molecule has 3 rings (SSSR count). The lowest BCUT2D eigenvalue weighted by Crippen LogP contribution is -2.22. The number of nitrogens with two attached hydrogens (primary N) is 1. The molecule has 22 heavy (non-hydrogen) atoms. The molecule has 0 aliphatic carbocycles. The quantitative estimate of drug-likeness (QED) is 0.781. The van der Waals surface area contributed by atoms with E-state index in [0.717, 1.165) is 41.8 Å². The fourth-order valence-electron chi connectivity index (χ4n) is 2.85. The van der Waals surface area contributed by atoms with E-state index in [9.17, 15) is 4.79 Å². The number of fused-ring (bicyclic) bond motifs is 4. The number of carbonyl (C=O) groups excluding carboxylic acids is 1. The first-order chi connectivity index (χ1) is 10.6. The third-order valence-corrected chi connectivity index (χ3v) is 4.25. The summed E-state index contributed by atoms with van der Waals surface area (Å²) >= 11 is 0. The molecule has 114 valence electrons. The zero-order chi connectivity index (χ0) is 15.5. The van der Waals surface area contributed by atoms with E-state index in [1.54, 1.807) is 6.20 Å². The van der Waals surface area contributed by atoms with Gasteiger partial charge in [0, 0.05) is 23.7 Å². The van der Waals surface area contributed by atoms with E-state index in [0.29, 0.717) is 0 Å². The van der Waals surface area contributed by atoms with Crippen LogP contribution in [0.25, 0.3) is 11.3 Å². The number of amides is 1. The van der Waals surface area contributed by atoms with Crippen LogP contribution in [-0.4, -0.2) is 10.9 Å². The molecule has 1 aromatic carbocycles. The molecule has 1 aliphatic heterocycles. The van der Waals surface area contributed by atoms with Gasteiger partial charge in [-0.3, -0.25) is 9.78 Å². The van der Waals surface area contributed by atoms with Crippen LogP contribution in [0.15, 0.2) is 42.6 Å². The molecule has 1 aliphatic rings. The van der Waals surface area contributed by atoms with Crippen LogP contribution in [-0.2, 0) is 4.79 Å². The Morgan fingerprint density at radius 3 is 2.95 bits per heavy atom. The Hall–Kier alpha value is -2.20. The summed E-state index contributed by atoms with van der Waals surface area (Å²) in [6.45, 7) is 1.96. The molecule has 1 amide bonds. The van der Waals surface area contributed by atoms with E-state index in [-0.39, 0.29) is 17.9 Å². The number of carbonyl (C=O) groups is 1. The maximum absolute atomic E-state index is 12.3. The second-order valence-electron chi connectivity index (χ2n) is 5.95. The second kappa shape index (κ2) is 6.28. The number of nitrogens with one attached hydrogen (secondary N) is 1. The lowest BCUT2D eigenvalue weighted by Gasteiger charge is -2.19. The van der Waals surface area contributed by atoms with Gasteiger partial charge >= 0.3 is 0 Å². The van der Waals surface area contributed by atoms with Crippen molar-refractivity contribution in [1.29, 1.82) is 0 Å². The van der Waals surface area contributed by atoms with Gasteiger partial charge in [0.1, 0.15) is 0 Å². The predicted octanol–water partition coefficient (Wildman–Crippen LogP) is 3.51. The number of benzene rings is 1. The fourth-order valence-corrected chi connectivity index (χ4v) is 2.85. The largest absolute Gasteiger partial charge is 0.324 e. The minimum absolute atomic E-state index is 0.00167. The first kappa shape index (κ1) is 14.7. The summed E-state index contributed by atoms with van der Waals surface area (Å²) in [6, 6.07) is 11.9. The standard InChI is InChI=1S/C18H21N3O/c1-12-5-2-8-15(19)13-6-3-7-14(11-13)17-16(21-18(12)22)9-4-10-20-17/h3-4,6-7,9-12,15H,2,5,8,19H2,1H3,(H,21,22)/t12-,15+/m1/s1. The average molecular weight is 295 g/mol. The molecule has 0 spiro atoms. The minimum atomic E-state index is -0.0296. The van der Waals surface area contributed by atoms with Crippen LogP contribution in [0, 0.1) is 5.92 Å². The Kier molecular flexibility index (Phi) is 4.20. The smallest absolute Gasteiger partial charge is 0.227 e. The molecule has 0 radical (unpaired) electrons. The fraction of sp³-hybridized carbons (Fsp3) is 0.333. The van der Waals surface area contributed by atoms with E-state index in [1.165, 1.54) is 0 Å². The van der Waals surface area contributed by atoms with E-state index >= 15 is 0 Å². The molecule has 2 atom stereocenters. The molecule has 2 aromatic rings. The van der Waals surface area contributed by atoms with Gasteiger partial charge in [0.15, 0.2) is 0 Å². The van der Waals surface area contributed by atoms with Crippen molar-refractivity contribution in [1.82, 2.24) is 4.98 Å². The van der Waals surface area contributed by atoms with Crippen molar-refractivity contribution in [3.63, 3.8) is 0 Å². The zero-order valence-corrected chi connectivity index (χ0v) is 12.8. The summed E-state index contributed by atoms with van der Waals surface area (Å²) < 4.78 is 0. The highest BCUT2D eigenvalue weighted by Gasteiger charge is 2.18. The van der Waals surface area contributed by atoms with Crippen LogP contribution >= 0.6 is 0 Å². The molecule has 1 aromatic heterocycles. The molecule has 2 bridgehead atoms. The number of pyridine rings is 1. The molecule has 0 unspecified atom stereocenters. The average Bonchev–Trinajstić information content (AvgIpc) is 2.54. The van der Waals surface area contributed by atoms with Gasteiger partial charge in [0.25, 0.3) is 0 Å². The van der Waals surface area contributed by atoms with Gasteiger partial charge in [-0.2, -0.15) is 0 Å². The molecule has 4 heteroatoms. The van der Waals surface area contributed by atoms with Crippen molar-refractivity contribution >= 4 is 11.6 Å². The molecular weight excluding hydrogens is 274 g/mol. The van der Waals surface area contributed by atoms with Crippen LogP contribution in [0.4, 0.5) is 5.69 Å². The van der Waals surface area contributed by atoms with Crippen molar-refractivity contribution in [3.8, 4) is 11.3 Å². The number of hydrogen-bond donors (Lipinski definition) is 2. The van der Waals surface area contributed by atoms with Gasteiger partial charge in [0.2, 0.25) is 5.91 Å². The Labute approximate surface area is 130 Å². The van der Waals surface area contributed by atoms with Crippen LogP contribution in [0.1, 0.15) is 37.8 Å². The van der Waals surface area contributed by atoms with E-state index in [4.69, 9.17) is 5.73 Å². The highest BCUT2D eigenvalue weighted by Crippen LogP contribution is 2.30. The van der Waals surface area contributed by atoms with Crippen molar-refractivity contribution < 1.29 is 4.79 Å². The molecule has 2 heterocycles. The van der Waals surface area contributed by atoms with Crippen molar-refractivity contribution in [2.45, 2.75) is 32.2 Å². The Bertz CT molecular complexity index is 684. The zero-order valence-electron chi connectivity index (χ0n) is 12.8. The molecule has 3 N–H and O–H groups in total. The van der Waals surface area contributed by atoms with Crippen LogP contribution < -0.4 is 11.1 Å². The highest BCUT2D eigenvalue weighted by atomic mass is 16.1. The number of rotatable bonds is 0. The SMILES string of the molecule is C[C@@H]1CCC[C@H](N)c2cccc(c2)-c2ncccc2NC1=O. The lowest BCUT2D eigenvalue weighted by atomic mass is 9.94. The second-order valence-corrected chi connectivity index (χ2v) is 5.95. The van der Waals surface area contributed by atoms with Crippen molar-refractivity contribution in [3.05, 3.63) is 48.2 Å². The molecule has 4 nitrogen and oxygen atoms in total. The van der Waals surface area contributed by atoms with Gasteiger partial charge < -0.3 is 11.1 Å². The third kappa shape index (κ3) is 3.02. The van der Waals surface area contributed by atoms with Gasteiger partial charge in [-0.05, 0) is 36.6 Å². The summed E-state index contributed by atoms with van der Waals surface area (Å²) in [4.78, 5) is 16.8. The monoisotopic (exact) mass is 295 g/mol. The van der Waals surface area contributed by atoms with Gasteiger partial charge in [-0.25, -0.2) is 0 Å². The third-order valence-electron chi connectivity index (χ3n) is 4.25.